The molecule has 4 atom stereocenters. The van der Waals surface area contributed by atoms with Crippen molar-refractivity contribution in [3.63, 3.8) is 0 Å². The van der Waals surface area contributed by atoms with Crippen LogP contribution in [0, 0.1) is 48.1 Å². The van der Waals surface area contributed by atoms with E-state index < -0.39 is 0 Å². The molecule has 0 nitrogen and oxygen atoms in total. The first-order chi connectivity index (χ1) is 14.0. The monoisotopic (exact) mass is 400 g/mol. The molecular formula is C27H38F2. The Morgan fingerprint density at radius 1 is 0.828 bits per heavy atom. The second-order valence-corrected chi connectivity index (χ2v) is 10.4. The smallest absolute Gasteiger partial charge is 0.129 e. The van der Waals surface area contributed by atoms with E-state index in [2.05, 4.69) is 12.7 Å². The summed E-state index contributed by atoms with van der Waals surface area (Å²) in [6.45, 7) is 5.41. The number of rotatable bonds is 5. The lowest BCUT2D eigenvalue weighted by atomic mass is 9.60. The highest BCUT2D eigenvalue weighted by Crippen LogP contribution is 2.50. The van der Waals surface area contributed by atoms with E-state index in [0.29, 0.717) is 5.92 Å². The van der Waals surface area contributed by atoms with E-state index in [1.807, 2.05) is 0 Å². The molecule has 0 saturated heterocycles. The lowest BCUT2D eigenvalue weighted by Crippen LogP contribution is -2.34. The van der Waals surface area contributed by atoms with E-state index in [1.54, 1.807) is 12.1 Å². The molecule has 0 radical (unpaired) electrons. The molecule has 3 aliphatic rings. The molecule has 29 heavy (non-hydrogen) atoms. The normalized spacial score (nSPS) is 35.1. The molecule has 0 spiro atoms. The van der Waals surface area contributed by atoms with Crippen molar-refractivity contribution >= 4 is 0 Å². The molecule has 1 aromatic carbocycles. The Kier molecular flexibility index (Phi) is 6.76. The van der Waals surface area contributed by atoms with Gasteiger partial charge in [0.05, 0.1) is 0 Å². The van der Waals surface area contributed by atoms with Crippen LogP contribution in [0.2, 0.25) is 0 Å². The van der Waals surface area contributed by atoms with Crippen LogP contribution in [0.15, 0.2) is 24.8 Å². The first kappa shape index (κ1) is 21.1. The van der Waals surface area contributed by atoms with Crippen LogP contribution in [0.3, 0.4) is 0 Å². The average Bonchev–Trinajstić information content (AvgIpc) is 2.75. The van der Waals surface area contributed by atoms with Gasteiger partial charge in [0, 0.05) is 5.56 Å². The summed E-state index contributed by atoms with van der Waals surface area (Å²) in [6, 6.07) is 3.17. The third-order valence-electron chi connectivity index (χ3n) is 8.75. The molecule has 0 aromatic heterocycles. The molecule has 0 heterocycles. The molecule has 0 N–H and O–H groups in total. The molecule has 2 heteroatoms. The van der Waals surface area contributed by atoms with Gasteiger partial charge < -0.3 is 0 Å². The van der Waals surface area contributed by atoms with Gasteiger partial charge in [0.2, 0.25) is 0 Å². The quantitative estimate of drug-likeness (QED) is 0.436. The number of hydrogen-bond acceptors (Lipinski definition) is 0. The molecule has 3 aliphatic carbocycles. The van der Waals surface area contributed by atoms with Gasteiger partial charge in [-0.1, -0.05) is 12.5 Å². The first-order valence-electron chi connectivity index (χ1n) is 12.1. The summed E-state index contributed by atoms with van der Waals surface area (Å²) in [5.74, 6) is 4.19. The molecule has 0 amide bonds. The minimum Gasteiger partial charge on any atom is -0.207 e. The van der Waals surface area contributed by atoms with Crippen molar-refractivity contribution in [1.29, 1.82) is 0 Å². The van der Waals surface area contributed by atoms with Crippen molar-refractivity contribution in [2.45, 2.75) is 89.9 Å². The van der Waals surface area contributed by atoms with Gasteiger partial charge >= 0.3 is 0 Å². The van der Waals surface area contributed by atoms with Gasteiger partial charge in [0.1, 0.15) is 11.6 Å². The molecule has 4 rings (SSSR count). The van der Waals surface area contributed by atoms with Gasteiger partial charge in [-0.3, -0.25) is 0 Å². The van der Waals surface area contributed by atoms with Crippen LogP contribution >= 0.6 is 0 Å². The summed E-state index contributed by atoms with van der Waals surface area (Å²) in [7, 11) is 0. The van der Waals surface area contributed by atoms with E-state index >= 15 is 0 Å². The van der Waals surface area contributed by atoms with Gasteiger partial charge in [-0.05, 0) is 131 Å². The second-order valence-electron chi connectivity index (χ2n) is 10.4. The van der Waals surface area contributed by atoms with Gasteiger partial charge in [0.25, 0.3) is 0 Å². The van der Waals surface area contributed by atoms with Crippen LogP contribution < -0.4 is 0 Å². The maximum atomic E-state index is 14.0. The van der Waals surface area contributed by atoms with E-state index in [-0.39, 0.29) is 17.2 Å². The molecule has 0 aliphatic heterocycles. The fourth-order valence-electron chi connectivity index (χ4n) is 6.89. The van der Waals surface area contributed by atoms with Crippen LogP contribution in [-0.2, 0) is 0 Å². The highest BCUT2D eigenvalue weighted by Gasteiger charge is 2.38. The molecule has 3 fully saturated rings. The minimum atomic E-state index is -0.385. The van der Waals surface area contributed by atoms with Gasteiger partial charge in [-0.15, -0.1) is 6.58 Å². The third kappa shape index (κ3) is 4.78. The van der Waals surface area contributed by atoms with Crippen molar-refractivity contribution in [2.75, 3.05) is 0 Å². The van der Waals surface area contributed by atoms with Gasteiger partial charge in [-0.25, -0.2) is 8.78 Å². The highest BCUT2D eigenvalue weighted by atomic mass is 19.1. The van der Waals surface area contributed by atoms with Crippen molar-refractivity contribution in [1.82, 2.24) is 0 Å². The van der Waals surface area contributed by atoms with Crippen LogP contribution in [0.1, 0.15) is 94.1 Å². The highest BCUT2D eigenvalue weighted by molar-refractivity contribution is 5.28. The maximum Gasteiger partial charge on any atom is 0.129 e. The maximum absolute atomic E-state index is 14.0. The fourth-order valence-corrected chi connectivity index (χ4v) is 6.89. The number of benzene rings is 1. The second kappa shape index (κ2) is 9.31. The van der Waals surface area contributed by atoms with Crippen LogP contribution in [0.4, 0.5) is 8.78 Å². The van der Waals surface area contributed by atoms with Gasteiger partial charge in [-0.2, -0.15) is 0 Å². The molecule has 160 valence electrons. The Morgan fingerprint density at radius 3 is 2.03 bits per heavy atom. The van der Waals surface area contributed by atoms with Crippen LogP contribution in [0.5, 0.6) is 0 Å². The Hall–Kier alpha value is -1.18. The Labute approximate surface area is 176 Å². The molecule has 0 bridgehead atoms. The summed E-state index contributed by atoms with van der Waals surface area (Å²) in [6.07, 6.45) is 17.9. The van der Waals surface area contributed by atoms with Crippen LogP contribution in [-0.4, -0.2) is 0 Å². The number of allylic oxidation sites excluding steroid dienone is 1. The zero-order valence-electron chi connectivity index (χ0n) is 18.1. The summed E-state index contributed by atoms with van der Waals surface area (Å²) in [4.78, 5) is 0. The molecular weight excluding hydrogens is 362 g/mol. The van der Waals surface area contributed by atoms with Crippen molar-refractivity contribution in [2.24, 2.45) is 29.6 Å². The minimum absolute atomic E-state index is 0.151. The van der Waals surface area contributed by atoms with Crippen molar-refractivity contribution in [3.8, 4) is 0 Å². The van der Waals surface area contributed by atoms with Crippen molar-refractivity contribution < 1.29 is 8.78 Å². The first-order valence-corrected chi connectivity index (χ1v) is 12.1. The predicted molar refractivity (Wildman–Crippen MR) is 117 cm³/mol. The number of fused-ring (bicyclic) bond motifs is 1. The molecule has 4 unspecified atom stereocenters. The standard InChI is InChI=1S/C27H38F2/c1-3-4-5-19-6-7-24-15-23(13-12-22(24)14-19)20-8-10-21(11-9-20)25-16-26(28)18(2)27(29)17-25/h3,16-17,19-24H,1,4-15H2,2H3. The third-order valence-corrected chi connectivity index (χ3v) is 8.75. The van der Waals surface area contributed by atoms with E-state index in [9.17, 15) is 8.78 Å². The Morgan fingerprint density at radius 2 is 1.38 bits per heavy atom. The zero-order valence-corrected chi connectivity index (χ0v) is 18.1. The lowest BCUT2D eigenvalue weighted by Gasteiger charge is -2.45. The molecule has 1 aromatic rings. The Balaban J connectivity index is 1.28. The largest absolute Gasteiger partial charge is 0.207 e. The number of hydrogen-bond donors (Lipinski definition) is 0. The topological polar surface area (TPSA) is 0 Å². The lowest BCUT2D eigenvalue weighted by molar-refractivity contribution is 0.0621. The Bertz CT molecular complexity index is 677. The SMILES string of the molecule is C=CCCC1CCC2CC(C3CCC(c4cc(F)c(C)c(F)c4)CC3)CCC2C1. The van der Waals surface area contributed by atoms with E-state index in [0.717, 1.165) is 48.0 Å². The fraction of sp³-hybridized carbons (Fsp3) is 0.704. The van der Waals surface area contributed by atoms with Crippen LogP contribution in [0.25, 0.3) is 0 Å². The van der Waals surface area contributed by atoms with Gasteiger partial charge in [0.15, 0.2) is 0 Å². The predicted octanol–water partition coefficient (Wildman–Crippen LogP) is 8.35. The summed E-state index contributed by atoms with van der Waals surface area (Å²) < 4.78 is 27.9. The van der Waals surface area contributed by atoms with Crippen molar-refractivity contribution in [3.05, 3.63) is 47.5 Å². The van der Waals surface area contributed by atoms with E-state index in [4.69, 9.17) is 0 Å². The summed E-state index contributed by atoms with van der Waals surface area (Å²) in [5, 5.41) is 0. The molecule has 3 saturated carbocycles. The summed E-state index contributed by atoms with van der Waals surface area (Å²) in [5.41, 5.74) is 1.03. The average molecular weight is 401 g/mol. The van der Waals surface area contributed by atoms with E-state index in [1.165, 1.54) is 71.1 Å². The summed E-state index contributed by atoms with van der Waals surface area (Å²) >= 11 is 0. The number of halogens is 2. The zero-order chi connectivity index (χ0) is 20.4.